The summed E-state index contributed by atoms with van der Waals surface area (Å²) in [4.78, 5) is 27.9. The normalized spacial score (nSPS) is 11.9. The van der Waals surface area contributed by atoms with Crippen LogP contribution in [0.1, 0.15) is 26.7 Å². The summed E-state index contributed by atoms with van der Waals surface area (Å²) in [6, 6.07) is 9.39. The van der Waals surface area contributed by atoms with Crippen molar-refractivity contribution in [1.82, 2.24) is 10.3 Å². The second kappa shape index (κ2) is 6.83. The van der Waals surface area contributed by atoms with Crippen LogP contribution in [0.5, 0.6) is 0 Å². The molecule has 0 aliphatic rings. The van der Waals surface area contributed by atoms with E-state index in [9.17, 15) is 9.59 Å². The number of nitrogens with one attached hydrogen (secondary N) is 2. The van der Waals surface area contributed by atoms with Gasteiger partial charge in [-0.15, -0.1) is 0 Å². The number of nitrogens with zero attached hydrogens (tertiary/aromatic N) is 1. The lowest BCUT2D eigenvalue weighted by Crippen LogP contribution is -2.34. The van der Waals surface area contributed by atoms with Gasteiger partial charge < -0.3 is 10.6 Å². The minimum absolute atomic E-state index is 0.0736. The molecular weight excluding hydrogens is 266 g/mol. The monoisotopic (exact) mass is 285 g/mol. The zero-order chi connectivity index (χ0) is 15.2. The summed E-state index contributed by atoms with van der Waals surface area (Å²) < 4.78 is 0. The van der Waals surface area contributed by atoms with E-state index in [1.807, 2.05) is 38.1 Å². The SMILES string of the molecule is CCC(C)NC(=O)CC(=O)Nc1cccc2cccnc12. The Labute approximate surface area is 123 Å². The number of carbonyl (C=O) groups excluding carboxylic acids is 2. The van der Waals surface area contributed by atoms with Crippen molar-refractivity contribution in [2.75, 3.05) is 5.32 Å². The summed E-state index contributed by atoms with van der Waals surface area (Å²) in [7, 11) is 0. The number of carbonyl (C=O) groups is 2. The molecule has 21 heavy (non-hydrogen) atoms. The van der Waals surface area contributed by atoms with E-state index in [-0.39, 0.29) is 24.3 Å². The highest BCUT2D eigenvalue weighted by atomic mass is 16.2. The third-order valence-electron chi connectivity index (χ3n) is 3.25. The highest BCUT2D eigenvalue weighted by Gasteiger charge is 2.12. The molecule has 1 aromatic heterocycles. The highest BCUT2D eigenvalue weighted by Crippen LogP contribution is 2.20. The van der Waals surface area contributed by atoms with Crippen LogP contribution in [0.25, 0.3) is 10.9 Å². The van der Waals surface area contributed by atoms with Crippen molar-refractivity contribution in [1.29, 1.82) is 0 Å². The molecular formula is C16H19N3O2. The number of hydrogen-bond donors (Lipinski definition) is 2. The number of benzene rings is 1. The second-order valence-electron chi connectivity index (χ2n) is 4.98. The van der Waals surface area contributed by atoms with Crippen LogP contribution >= 0.6 is 0 Å². The zero-order valence-electron chi connectivity index (χ0n) is 12.2. The summed E-state index contributed by atoms with van der Waals surface area (Å²) in [5, 5.41) is 6.46. The average Bonchev–Trinajstić information content (AvgIpc) is 2.47. The van der Waals surface area contributed by atoms with Crippen LogP contribution in [-0.2, 0) is 9.59 Å². The number of pyridine rings is 1. The van der Waals surface area contributed by atoms with Crippen molar-refractivity contribution < 1.29 is 9.59 Å². The largest absolute Gasteiger partial charge is 0.353 e. The lowest BCUT2D eigenvalue weighted by atomic mass is 10.2. The van der Waals surface area contributed by atoms with Gasteiger partial charge in [-0.25, -0.2) is 0 Å². The maximum absolute atomic E-state index is 11.9. The standard InChI is InChI=1S/C16H19N3O2/c1-3-11(2)18-14(20)10-15(21)19-13-8-4-6-12-7-5-9-17-16(12)13/h4-9,11H,3,10H2,1-2H3,(H,18,20)(H,19,21). The molecule has 0 spiro atoms. The Balaban J connectivity index is 2.03. The van der Waals surface area contributed by atoms with E-state index in [1.165, 1.54) is 0 Å². The van der Waals surface area contributed by atoms with Crippen LogP contribution in [0.4, 0.5) is 5.69 Å². The van der Waals surface area contributed by atoms with Gasteiger partial charge in [-0.05, 0) is 25.5 Å². The van der Waals surface area contributed by atoms with E-state index in [1.54, 1.807) is 12.3 Å². The van der Waals surface area contributed by atoms with Crippen molar-refractivity contribution in [2.24, 2.45) is 0 Å². The Bertz CT molecular complexity index is 650. The number of para-hydroxylation sites is 1. The molecule has 1 unspecified atom stereocenters. The van der Waals surface area contributed by atoms with Gasteiger partial charge >= 0.3 is 0 Å². The van der Waals surface area contributed by atoms with Crippen molar-refractivity contribution >= 4 is 28.4 Å². The molecule has 0 saturated carbocycles. The molecule has 0 aliphatic heterocycles. The first-order chi connectivity index (χ1) is 10.1. The number of fused-ring (bicyclic) bond motifs is 1. The summed E-state index contributed by atoms with van der Waals surface area (Å²) in [5.41, 5.74) is 1.34. The molecule has 2 N–H and O–H groups in total. The highest BCUT2D eigenvalue weighted by molar-refractivity contribution is 6.07. The first-order valence-electron chi connectivity index (χ1n) is 7.03. The lowest BCUT2D eigenvalue weighted by Gasteiger charge is -2.11. The maximum atomic E-state index is 11.9. The van der Waals surface area contributed by atoms with Crippen LogP contribution in [0.3, 0.4) is 0 Å². The summed E-state index contributed by atoms with van der Waals surface area (Å²) in [6.07, 6.45) is 2.32. The van der Waals surface area contributed by atoms with Crippen LogP contribution < -0.4 is 10.6 Å². The van der Waals surface area contributed by atoms with Crippen molar-refractivity contribution in [3.05, 3.63) is 36.5 Å². The van der Waals surface area contributed by atoms with Gasteiger partial charge in [-0.2, -0.15) is 0 Å². The Morgan fingerprint density at radius 1 is 1.19 bits per heavy atom. The van der Waals surface area contributed by atoms with Crippen molar-refractivity contribution in [3.63, 3.8) is 0 Å². The number of rotatable bonds is 5. The van der Waals surface area contributed by atoms with Gasteiger partial charge in [0.2, 0.25) is 11.8 Å². The summed E-state index contributed by atoms with van der Waals surface area (Å²) >= 11 is 0. The minimum Gasteiger partial charge on any atom is -0.353 e. The molecule has 0 saturated heterocycles. The number of hydrogen-bond acceptors (Lipinski definition) is 3. The van der Waals surface area contributed by atoms with Gasteiger partial charge in [0.15, 0.2) is 0 Å². The van der Waals surface area contributed by atoms with Gasteiger partial charge in [0, 0.05) is 17.6 Å². The fraction of sp³-hybridized carbons (Fsp3) is 0.312. The minimum atomic E-state index is -0.339. The summed E-state index contributed by atoms with van der Waals surface area (Å²) in [5.74, 6) is -0.607. The van der Waals surface area contributed by atoms with Crippen LogP contribution in [-0.4, -0.2) is 22.8 Å². The van der Waals surface area contributed by atoms with E-state index < -0.39 is 0 Å². The molecule has 2 aromatic rings. The van der Waals surface area contributed by atoms with E-state index in [0.29, 0.717) is 5.69 Å². The number of aromatic nitrogens is 1. The van der Waals surface area contributed by atoms with Crippen LogP contribution in [0.2, 0.25) is 0 Å². The third-order valence-corrected chi connectivity index (χ3v) is 3.25. The molecule has 5 nitrogen and oxygen atoms in total. The Morgan fingerprint density at radius 3 is 2.71 bits per heavy atom. The van der Waals surface area contributed by atoms with E-state index >= 15 is 0 Å². The molecule has 1 heterocycles. The molecule has 2 amide bonds. The topological polar surface area (TPSA) is 71.1 Å². The van der Waals surface area contributed by atoms with Crippen LogP contribution in [0, 0.1) is 0 Å². The Morgan fingerprint density at radius 2 is 1.95 bits per heavy atom. The van der Waals surface area contributed by atoms with Gasteiger partial charge in [-0.1, -0.05) is 25.1 Å². The van der Waals surface area contributed by atoms with E-state index in [2.05, 4.69) is 15.6 Å². The van der Waals surface area contributed by atoms with E-state index in [0.717, 1.165) is 17.3 Å². The van der Waals surface area contributed by atoms with Gasteiger partial charge in [0.05, 0.1) is 11.2 Å². The zero-order valence-corrected chi connectivity index (χ0v) is 12.2. The molecule has 1 aromatic carbocycles. The molecule has 110 valence electrons. The molecule has 0 radical (unpaired) electrons. The van der Waals surface area contributed by atoms with E-state index in [4.69, 9.17) is 0 Å². The molecule has 0 bridgehead atoms. The van der Waals surface area contributed by atoms with Crippen molar-refractivity contribution in [2.45, 2.75) is 32.7 Å². The smallest absolute Gasteiger partial charge is 0.233 e. The number of amides is 2. The first-order valence-corrected chi connectivity index (χ1v) is 7.03. The van der Waals surface area contributed by atoms with Gasteiger partial charge in [0.25, 0.3) is 0 Å². The van der Waals surface area contributed by atoms with Gasteiger partial charge in [-0.3, -0.25) is 14.6 Å². The summed E-state index contributed by atoms with van der Waals surface area (Å²) in [6.45, 7) is 3.89. The lowest BCUT2D eigenvalue weighted by molar-refractivity contribution is -0.127. The Kier molecular flexibility index (Phi) is 4.87. The number of anilines is 1. The quantitative estimate of drug-likeness (QED) is 0.829. The predicted molar refractivity (Wildman–Crippen MR) is 82.9 cm³/mol. The van der Waals surface area contributed by atoms with Crippen LogP contribution in [0.15, 0.2) is 36.5 Å². The second-order valence-corrected chi connectivity index (χ2v) is 4.98. The first kappa shape index (κ1) is 15.0. The fourth-order valence-electron chi connectivity index (χ4n) is 1.97. The molecule has 0 aliphatic carbocycles. The third kappa shape index (κ3) is 4.02. The van der Waals surface area contributed by atoms with Crippen molar-refractivity contribution in [3.8, 4) is 0 Å². The Hall–Kier alpha value is -2.43. The molecule has 0 fully saturated rings. The molecule has 1 atom stereocenters. The average molecular weight is 285 g/mol. The molecule has 5 heteroatoms. The fourth-order valence-corrected chi connectivity index (χ4v) is 1.97. The predicted octanol–water partition coefficient (Wildman–Crippen LogP) is 2.48. The van der Waals surface area contributed by atoms with Gasteiger partial charge in [0.1, 0.15) is 6.42 Å². The maximum Gasteiger partial charge on any atom is 0.233 e. The molecule has 2 rings (SSSR count).